The summed E-state index contributed by atoms with van der Waals surface area (Å²) in [6.07, 6.45) is -1.25. The molecule has 0 radical (unpaired) electrons. The number of rotatable bonds is 6. The van der Waals surface area contributed by atoms with Gasteiger partial charge in [0, 0.05) is 9.79 Å². The van der Waals surface area contributed by atoms with Gasteiger partial charge in [-0.15, -0.1) is 25.3 Å². The lowest BCUT2D eigenvalue weighted by molar-refractivity contribution is -0.0555. The molecular weight excluding hydrogens is 448 g/mol. The van der Waals surface area contributed by atoms with Crippen LogP contribution in [0.25, 0.3) is 0 Å². The van der Waals surface area contributed by atoms with Crippen LogP contribution in [0.2, 0.25) is 0 Å². The second-order valence-corrected chi connectivity index (χ2v) is 10.5. The molecule has 3 aromatic carbocycles. The van der Waals surface area contributed by atoms with Crippen LogP contribution in [0.5, 0.6) is 0 Å². The first-order chi connectivity index (χ1) is 14.4. The Labute approximate surface area is 195 Å². The fourth-order valence-electron chi connectivity index (χ4n) is 3.42. The van der Waals surface area contributed by atoms with Gasteiger partial charge in [-0.2, -0.15) is 8.42 Å². The summed E-state index contributed by atoms with van der Waals surface area (Å²) in [6, 6.07) is 17.1. The smallest absolute Gasteiger partial charge is 0.297 e. The second-order valence-electron chi connectivity index (χ2n) is 7.97. The van der Waals surface area contributed by atoms with Crippen molar-refractivity contribution in [3.63, 3.8) is 0 Å². The van der Waals surface area contributed by atoms with Crippen LogP contribution < -0.4 is 0 Å². The largest absolute Gasteiger partial charge is 0.382 e. The zero-order chi connectivity index (χ0) is 23.0. The molecule has 0 spiro atoms. The van der Waals surface area contributed by atoms with Gasteiger partial charge in [0.05, 0.1) is 4.90 Å². The van der Waals surface area contributed by atoms with E-state index in [4.69, 9.17) is 4.18 Å². The van der Waals surface area contributed by atoms with Gasteiger partial charge in [0.1, 0.15) is 11.7 Å². The van der Waals surface area contributed by atoms with Crippen molar-refractivity contribution in [1.29, 1.82) is 0 Å². The molecule has 4 nitrogen and oxygen atoms in total. The Morgan fingerprint density at radius 1 is 0.839 bits per heavy atom. The number of benzene rings is 3. The Morgan fingerprint density at radius 2 is 1.35 bits per heavy atom. The fraction of sp³-hybridized carbons (Fsp3) is 0.250. The standard InChI is InChI=1S/C24H26O4S3/c1-15-5-9-18(10-6-15)31(26,27)28-23(19-11-7-16(2)13-21(19)29)24(4,25)20-12-8-17(3)14-22(20)30/h5-14,23,25,29-30H,1-4H3. The highest BCUT2D eigenvalue weighted by Gasteiger charge is 2.41. The van der Waals surface area contributed by atoms with Gasteiger partial charge in [-0.25, -0.2) is 0 Å². The van der Waals surface area contributed by atoms with E-state index in [0.29, 0.717) is 20.9 Å². The maximum atomic E-state index is 13.1. The van der Waals surface area contributed by atoms with Crippen LogP contribution >= 0.6 is 25.3 Å². The van der Waals surface area contributed by atoms with Crippen LogP contribution in [0.4, 0.5) is 0 Å². The Hall–Kier alpha value is -1.77. The maximum Gasteiger partial charge on any atom is 0.297 e. The van der Waals surface area contributed by atoms with E-state index < -0.39 is 21.8 Å². The molecule has 3 aromatic rings. The topological polar surface area (TPSA) is 63.6 Å². The van der Waals surface area contributed by atoms with Crippen molar-refractivity contribution >= 4 is 35.4 Å². The third kappa shape index (κ3) is 5.18. The summed E-state index contributed by atoms with van der Waals surface area (Å²) in [7, 11) is -4.18. The van der Waals surface area contributed by atoms with Crippen LogP contribution in [0.3, 0.4) is 0 Å². The van der Waals surface area contributed by atoms with Gasteiger partial charge in [-0.1, -0.05) is 53.1 Å². The van der Waals surface area contributed by atoms with Crippen molar-refractivity contribution < 1.29 is 17.7 Å². The molecule has 31 heavy (non-hydrogen) atoms. The molecule has 1 N–H and O–H groups in total. The van der Waals surface area contributed by atoms with Crippen molar-refractivity contribution in [1.82, 2.24) is 0 Å². The zero-order valence-corrected chi connectivity index (χ0v) is 20.4. The molecule has 0 fully saturated rings. The van der Waals surface area contributed by atoms with Gasteiger partial charge in [-0.3, -0.25) is 4.18 Å². The Kier molecular flexibility index (Phi) is 6.93. The number of hydrogen-bond acceptors (Lipinski definition) is 6. The summed E-state index contributed by atoms with van der Waals surface area (Å²) in [6.45, 7) is 7.22. The quantitative estimate of drug-likeness (QED) is 0.324. The minimum atomic E-state index is -4.18. The lowest BCUT2D eigenvalue weighted by Crippen LogP contribution is -2.34. The monoisotopic (exact) mass is 474 g/mol. The van der Waals surface area contributed by atoms with E-state index in [2.05, 4.69) is 25.3 Å². The second kappa shape index (κ2) is 9.00. The maximum absolute atomic E-state index is 13.1. The molecule has 0 saturated carbocycles. The Balaban J connectivity index is 2.16. The highest BCUT2D eigenvalue weighted by molar-refractivity contribution is 7.86. The highest BCUT2D eigenvalue weighted by atomic mass is 32.2. The third-order valence-corrected chi connectivity index (χ3v) is 7.26. The fourth-order valence-corrected chi connectivity index (χ4v) is 5.45. The predicted molar refractivity (Wildman–Crippen MR) is 129 cm³/mol. The average molecular weight is 475 g/mol. The molecule has 0 aliphatic heterocycles. The van der Waals surface area contributed by atoms with Crippen molar-refractivity contribution in [2.24, 2.45) is 0 Å². The molecule has 3 rings (SSSR count). The molecule has 0 aromatic heterocycles. The van der Waals surface area contributed by atoms with E-state index in [0.717, 1.165) is 16.7 Å². The minimum absolute atomic E-state index is 0.0155. The van der Waals surface area contributed by atoms with E-state index >= 15 is 0 Å². The first-order valence-corrected chi connectivity index (χ1v) is 12.0. The highest BCUT2D eigenvalue weighted by Crippen LogP contribution is 2.44. The van der Waals surface area contributed by atoms with Gasteiger partial charge >= 0.3 is 0 Å². The summed E-state index contributed by atoms with van der Waals surface area (Å²) in [4.78, 5) is 1.08. The molecule has 0 amide bonds. The molecule has 0 aliphatic rings. The number of aryl methyl sites for hydroxylation is 3. The summed E-state index contributed by atoms with van der Waals surface area (Å²) in [5.74, 6) is 0. The van der Waals surface area contributed by atoms with Gasteiger partial charge in [0.25, 0.3) is 10.1 Å². The average Bonchev–Trinajstić information content (AvgIpc) is 2.66. The summed E-state index contributed by atoms with van der Waals surface area (Å²) < 4.78 is 32.0. The molecular formula is C24H26O4S3. The molecule has 0 aliphatic carbocycles. The van der Waals surface area contributed by atoms with Gasteiger partial charge < -0.3 is 5.11 Å². The summed E-state index contributed by atoms with van der Waals surface area (Å²) in [5.41, 5.74) is 2.06. The molecule has 0 heterocycles. The molecule has 2 unspecified atom stereocenters. The summed E-state index contributed by atoms with van der Waals surface area (Å²) >= 11 is 9.06. The summed E-state index contributed by atoms with van der Waals surface area (Å²) in [5, 5.41) is 11.6. The van der Waals surface area contributed by atoms with Crippen LogP contribution in [0.15, 0.2) is 75.4 Å². The van der Waals surface area contributed by atoms with Crippen LogP contribution in [-0.4, -0.2) is 13.5 Å². The van der Waals surface area contributed by atoms with Crippen molar-refractivity contribution in [2.75, 3.05) is 0 Å². The van der Waals surface area contributed by atoms with E-state index in [9.17, 15) is 13.5 Å². The van der Waals surface area contributed by atoms with Gasteiger partial charge in [0.15, 0.2) is 0 Å². The van der Waals surface area contributed by atoms with E-state index in [-0.39, 0.29) is 4.90 Å². The van der Waals surface area contributed by atoms with Gasteiger partial charge in [0.2, 0.25) is 0 Å². The number of aliphatic hydroxyl groups is 1. The predicted octanol–water partition coefficient (Wildman–Crippen LogP) is 5.54. The first-order valence-electron chi connectivity index (χ1n) is 9.74. The van der Waals surface area contributed by atoms with Crippen molar-refractivity contribution in [3.05, 3.63) is 88.5 Å². The third-order valence-electron chi connectivity index (χ3n) is 5.21. The Bertz CT molecular complexity index is 1200. The molecule has 164 valence electrons. The normalized spacial score (nSPS) is 14.8. The minimum Gasteiger partial charge on any atom is -0.382 e. The van der Waals surface area contributed by atoms with Gasteiger partial charge in [-0.05, 0) is 63.1 Å². The molecule has 7 heteroatoms. The first kappa shape index (κ1) is 23.9. The van der Waals surface area contributed by atoms with Crippen molar-refractivity contribution in [2.45, 2.75) is 54.1 Å². The number of hydrogen-bond donors (Lipinski definition) is 3. The van der Waals surface area contributed by atoms with Crippen molar-refractivity contribution in [3.8, 4) is 0 Å². The molecule has 0 bridgehead atoms. The molecule has 0 saturated heterocycles. The number of thiol groups is 2. The van der Waals surface area contributed by atoms with E-state index in [1.807, 2.05) is 39.0 Å². The van der Waals surface area contributed by atoms with Crippen LogP contribution in [0, 0.1) is 20.8 Å². The van der Waals surface area contributed by atoms with E-state index in [1.54, 1.807) is 30.3 Å². The SMILES string of the molecule is Cc1ccc(S(=O)(=O)OC(c2ccc(C)cc2S)C(C)(O)c2ccc(C)cc2S)cc1. The molecule has 2 atom stereocenters. The van der Waals surface area contributed by atoms with E-state index in [1.165, 1.54) is 19.1 Å². The zero-order valence-electron chi connectivity index (χ0n) is 17.8. The van der Waals surface area contributed by atoms with Crippen LogP contribution in [-0.2, 0) is 19.9 Å². The van der Waals surface area contributed by atoms with Crippen LogP contribution in [0.1, 0.15) is 40.8 Å². The lowest BCUT2D eigenvalue weighted by Gasteiger charge is -2.34. The lowest BCUT2D eigenvalue weighted by atomic mass is 9.85. The Morgan fingerprint density at radius 3 is 1.90 bits per heavy atom.